The first-order chi connectivity index (χ1) is 10.0. The number of carboxylic acids is 1. The summed E-state index contributed by atoms with van der Waals surface area (Å²) >= 11 is 0.981. The Kier molecular flexibility index (Phi) is 5.21. The standard InChI is InChI=1S/C14H16N2O4S/c1-9(2)10-3-5-11(6-4-10)19-7-12-15-16-14(20-12)21-8-13(17)18/h3-6,9H,7-8H2,1-2H3,(H,17,18). The van der Waals surface area contributed by atoms with Crippen LogP contribution in [0.4, 0.5) is 0 Å². The number of hydrogen-bond acceptors (Lipinski definition) is 6. The highest BCUT2D eigenvalue weighted by molar-refractivity contribution is 7.99. The highest BCUT2D eigenvalue weighted by atomic mass is 32.2. The van der Waals surface area contributed by atoms with Gasteiger partial charge in [-0.3, -0.25) is 4.79 Å². The fourth-order valence-corrected chi connectivity index (χ4v) is 2.07. The molecule has 112 valence electrons. The quantitative estimate of drug-likeness (QED) is 0.787. The molecule has 0 saturated carbocycles. The number of carbonyl (C=O) groups is 1. The summed E-state index contributed by atoms with van der Waals surface area (Å²) in [6.45, 7) is 4.41. The summed E-state index contributed by atoms with van der Waals surface area (Å²) in [5.41, 5.74) is 1.24. The van der Waals surface area contributed by atoms with Crippen LogP contribution in [0.15, 0.2) is 33.9 Å². The monoisotopic (exact) mass is 308 g/mol. The molecule has 0 bridgehead atoms. The van der Waals surface area contributed by atoms with Crippen molar-refractivity contribution in [1.29, 1.82) is 0 Å². The third kappa shape index (κ3) is 4.78. The third-order valence-corrected chi connectivity index (χ3v) is 3.48. The van der Waals surface area contributed by atoms with Crippen molar-refractivity contribution in [3.63, 3.8) is 0 Å². The lowest BCUT2D eigenvalue weighted by molar-refractivity contribution is -0.133. The highest BCUT2D eigenvalue weighted by Crippen LogP contribution is 2.20. The molecule has 0 spiro atoms. The van der Waals surface area contributed by atoms with Crippen LogP contribution in [-0.4, -0.2) is 27.0 Å². The maximum Gasteiger partial charge on any atom is 0.314 e. The lowest BCUT2D eigenvalue weighted by Gasteiger charge is -2.07. The Bertz CT molecular complexity index is 595. The molecular formula is C14H16N2O4S. The fourth-order valence-electron chi connectivity index (χ4n) is 1.57. The molecule has 2 rings (SSSR count). The van der Waals surface area contributed by atoms with Crippen LogP contribution in [0.2, 0.25) is 0 Å². The van der Waals surface area contributed by atoms with E-state index < -0.39 is 5.97 Å². The van der Waals surface area contributed by atoms with Gasteiger partial charge in [0.25, 0.3) is 11.1 Å². The Balaban J connectivity index is 1.86. The summed E-state index contributed by atoms with van der Waals surface area (Å²) in [5.74, 6) is 0.470. The Hall–Kier alpha value is -2.02. The molecule has 6 nitrogen and oxygen atoms in total. The number of ether oxygens (including phenoxy) is 1. The molecule has 1 aromatic heterocycles. The van der Waals surface area contributed by atoms with Gasteiger partial charge in [-0.05, 0) is 23.6 Å². The number of thioether (sulfide) groups is 1. The van der Waals surface area contributed by atoms with E-state index in [1.165, 1.54) is 5.56 Å². The van der Waals surface area contributed by atoms with Gasteiger partial charge in [0.1, 0.15) is 11.5 Å². The van der Waals surface area contributed by atoms with E-state index in [1.54, 1.807) is 0 Å². The molecule has 21 heavy (non-hydrogen) atoms. The van der Waals surface area contributed by atoms with Gasteiger partial charge >= 0.3 is 5.97 Å². The molecule has 0 atom stereocenters. The zero-order valence-electron chi connectivity index (χ0n) is 11.8. The number of nitrogens with zero attached hydrogens (tertiary/aromatic N) is 2. The predicted octanol–water partition coefficient (Wildman–Crippen LogP) is 2.95. The molecule has 0 aliphatic rings. The Morgan fingerprint density at radius 3 is 2.67 bits per heavy atom. The summed E-state index contributed by atoms with van der Waals surface area (Å²) < 4.78 is 10.8. The number of hydrogen-bond donors (Lipinski definition) is 1. The smallest absolute Gasteiger partial charge is 0.314 e. The zero-order chi connectivity index (χ0) is 15.2. The van der Waals surface area contributed by atoms with Crippen LogP contribution in [0.25, 0.3) is 0 Å². The minimum atomic E-state index is -0.929. The molecular weight excluding hydrogens is 292 g/mol. The van der Waals surface area contributed by atoms with Crippen molar-refractivity contribution in [2.24, 2.45) is 0 Å². The van der Waals surface area contributed by atoms with Crippen LogP contribution < -0.4 is 4.74 Å². The molecule has 0 radical (unpaired) electrons. The molecule has 1 N–H and O–H groups in total. The molecule has 7 heteroatoms. The summed E-state index contributed by atoms with van der Waals surface area (Å²) in [7, 11) is 0. The second-order valence-electron chi connectivity index (χ2n) is 4.66. The number of aliphatic carboxylic acids is 1. The van der Waals surface area contributed by atoms with Gasteiger partial charge in [-0.25, -0.2) is 0 Å². The number of rotatable bonds is 7. The van der Waals surface area contributed by atoms with Crippen LogP contribution in [0, 0.1) is 0 Å². The largest absolute Gasteiger partial charge is 0.484 e. The van der Waals surface area contributed by atoms with Crippen LogP contribution in [0.3, 0.4) is 0 Å². The molecule has 2 aromatic rings. The molecule has 0 fully saturated rings. The Morgan fingerprint density at radius 1 is 1.33 bits per heavy atom. The molecule has 0 aliphatic carbocycles. The predicted molar refractivity (Wildman–Crippen MR) is 77.5 cm³/mol. The zero-order valence-corrected chi connectivity index (χ0v) is 12.6. The summed E-state index contributed by atoms with van der Waals surface area (Å²) in [4.78, 5) is 10.4. The van der Waals surface area contributed by atoms with Crippen molar-refractivity contribution in [2.75, 3.05) is 5.75 Å². The lowest BCUT2D eigenvalue weighted by Crippen LogP contribution is -1.97. The topological polar surface area (TPSA) is 85.5 Å². The second-order valence-corrected chi connectivity index (χ2v) is 5.58. The SMILES string of the molecule is CC(C)c1ccc(OCc2nnc(SCC(=O)O)o2)cc1. The maximum atomic E-state index is 10.4. The van der Waals surface area contributed by atoms with Crippen LogP contribution >= 0.6 is 11.8 Å². The van der Waals surface area contributed by atoms with Gasteiger partial charge < -0.3 is 14.3 Å². The second kappa shape index (κ2) is 7.12. The number of carboxylic acid groups (broad SMARTS) is 1. The van der Waals surface area contributed by atoms with Crippen molar-refractivity contribution in [2.45, 2.75) is 31.6 Å². The van der Waals surface area contributed by atoms with E-state index in [2.05, 4.69) is 24.0 Å². The van der Waals surface area contributed by atoms with E-state index in [4.69, 9.17) is 14.3 Å². The minimum Gasteiger partial charge on any atom is -0.484 e. The molecule has 0 saturated heterocycles. The third-order valence-electron chi connectivity index (χ3n) is 2.68. The van der Waals surface area contributed by atoms with Crippen molar-refractivity contribution < 1.29 is 19.1 Å². The fraction of sp³-hybridized carbons (Fsp3) is 0.357. The van der Waals surface area contributed by atoms with Crippen LogP contribution in [0.1, 0.15) is 31.2 Å². The van der Waals surface area contributed by atoms with Crippen molar-refractivity contribution in [3.05, 3.63) is 35.7 Å². The first-order valence-electron chi connectivity index (χ1n) is 6.44. The number of benzene rings is 1. The van der Waals surface area contributed by atoms with Gasteiger partial charge in [-0.1, -0.05) is 37.7 Å². The normalized spacial score (nSPS) is 10.8. The molecule has 0 unspecified atom stereocenters. The van der Waals surface area contributed by atoms with E-state index >= 15 is 0 Å². The molecule has 1 heterocycles. The van der Waals surface area contributed by atoms with Crippen molar-refractivity contribution in [1.82, 2.24) is 10.2 Å². The van der Waals surface area contributed by atoms with Crippen molar-refractivity contribution in [3.8, 4) is 5.75 Å². The van der Waals surface area contributed by atoms with E-state index in [-0.39, 0.29) is 17.6 Å². The highest BCUT2D eigenvalue weighted by Gasteiger charge is 2.09. The molecule has 0 amide bonds. The van der Waals surface area contributed by atoms with Crippen LogP contribution in [-0.2, 0) is 11.4 Å². The van der Waals surface area contributed by atoms with Gasteiger partial charge in [-0.15, -0.1) is 10.2 Å². The molecule has 0 aliphatic heterocycles. The summed E-state index contributed by atoms with van der Waals surface area (Å²) in [6.07, 6.45) is 0. The first-order valence-corrected chi connectivity index (χ1v) is 7.43. The van der Waals surface area contributed by atoms with Gasteiger partial charge in [0.15, 0.2) is 6.61 Å². The average Bonchev–Trinajstić information content (AvgIpc) is 2.91. The number of aromatic nitrogens is 2. The summed E-state index contributed by atoms with van der Waals surface area (Å²) in [5, 5.41) is 16.3. The first kappa shape index (κ1) is 15.4. The molecule has 1 aromatic carbocycles. The lowest BCUT2D eigenvalue weighted by atomic mass is 10.0. The van der Waals surface area contributed by atoms with E-state index in [0.717, 1.165) is 17.5 Å². The van der Waals surface area contributed by atoms with Gasteiger partial charge in [0.05, 0.1) is 0 Å². The van der Waals surface area contributed by atoms with E-state index in [9.17, 15) is 4.79 Å². The van der Waals surface area contributed by atoms with Gasteiger partial charge in [0.2, 0.25) is 0 Å². The van der Waals surface area contributed by atoms with E-state index in [0.29, 0.717) is 11.8 Å². The Labute approximate surface area is 126 Å². The maximum absolute atomic E-state index is 10.4. The van der Waals surface area contributed by atoms with E-state index in [1.807, 2.05) is 24.3 Å². The van der Waals surface area contributed by atoms with Gasteiger partial charge in [0, 0.05) is 0 Å². The van der Waals surface area contributed by atoms with Crippen LogP contribution in [0.5, 0.6) is 5.75 Å². The Morgan fingerprint density at radius 2 is 2.05 bits per heavy atom. The average molecular weight is 308 g/mol. The van der Waals surface area contributed by atoms with Crippen molar-refractivity contribution >= 4 is 17.7 Å². The minimum absolute atomic E-state index is 0.112. The summed E-state index contributed by atoms with van der Waals surface area (Å²) in [6, 6.07) is 7.82. The van der Waals surface area contributed by atoms with Gasteiger partial charge in [-0.2, -0.15) is 0 Å².